The summed E-state index contributed by atoms with van der Waals surface area (Å²) in [5, 5.41) is 5.05. The predicted octanol–water partition coefficient (Wildman–Crippen LogP) is 3.33. The summed E-state index contributed by atoms with van der Waals surface area (Å²) in [5.41, 5.74) is 2.78. The van der Waals surface area contributed by atoms with Crippen LogP contribution in [0.25, 0.3) is 22.4 Å². The highest BCUT2D eigenvalue weighted by atomic mass is 35.5. The molecule has 0 aliphatic heterocycles. The molecule has 0 saturated carbocycles. The first-order valence-corrected chi connectivity index (χ1v) is 8.54. The van der Waals surface area contributed by atoms with Crippen LogP contribution in [-0.4, -0.2) is 14.6 Å². The number of aryl methyl sites for hydroxylation is 1. The number of hydrogen-bond acceptors (Lipinski definition) is 4. The summed E-state index contributed by atoms with van der Waals surface area (Å²) in [6.07, 6.45) is 1.83. The van der Waals surface area contributed by atoms with Gasteiger partial charge in [0, 0.05) is 10.6 Å². The minimum absolute atomic E-state index is 0.155. The maximum absolute atomic E-state index is 12.5. The van der Waals surface area contributed by atoms with Crippen molar-refractivity contribution in [1.29, 1.82) is 0 Å². The normalized spacial score (nSPS) is 12.2. The van der Waals surface area contributed by atoms with Crippen LogP contribution in [0.2, 0.25) is 5.02 Å². The van der Waals surface area contributed by atoms with Gasteiger partial charge in [-0.15, -0.1) is 5.10 Å². The topological polar surface area (TPSA) is 47.3 Å². The molecule has 118 valence electrons. The van der Waals surface area contributed by atoms with E-state index < -0.39 is 0 Å². The maximum Gasteiger partial charge on any atom is 0.291 e. The zero-order chi connectivity index (χ0) is 16.7. The number of halogens is 1. The molecule has 6 heteroatoms. The quantitative estimate of drug-likeness (QED) is 0.555. The van der Waals surface area contributed by atoms with Gasteiger partial charge >= 0.3 is 0 Å². The third-order valence-electron chi connectivity index (χ3n) is 3.74. The summed E-state index contributed by atoms with van der Waals surface area (Å²) in [6.45, 7) is 2.00. The SMILES string of the molecule is Cc1ccccc1-c1nc2s/c(=C/c3ccc(Cl)cc3)c(=O)n2n1. The van der Waals surface area contributed by atoms with Crippen LogP contribution in [0.15, 0.2) is 53.3 Å². The fraction of sp³-hybridized carbons (Fsp3) is 0.0556. The van der Waals surface area contributed by atoms with E-state index in [0.717, 1.165) is 16.7 Å². The Morgan fingerprint density at radius 2 is 1.88 bits per heavy atom. The molecule has 0 amide bonds. The van der Waals surface area contributed by atoms with E-state index in [-0.39, 0.29) is 5.56 Å². The second-order valence-electron chi connectivity index (χ2n) is 5.41. The van der Waals surface area contributed by atoms with Gasteiger partial charge in [0.05, 0.1) is 4.53 Å². The van der Waals surface area contributed by atoms with Crippen molar-refractivity contribution in [3.63, 3.8) is 0 Å². The smallest absolute Gasteiger partial charge is 0.266 e. The second-order valence-corrected chi connectivity index (χ2v) is 6.86. The third-order valence-corrected chi connectivity index (χ3v) is 4.95. The van der Waals surface area contributed by atoms with Crippen molar-refractivity contribution < 1.29 is 0 Å². The van der Waals surface area contributed by atoms with Crippen molar-refractivity contribution in [2.75, 3.05) is 0 Å². The first kappa shape index (κ1) is 15.1. The van der Waals surface area contributed by atoms with Gasteiger partial charge in [-0.25, -0.2) is 0 Å². The Morgan fingerprint density at radius 1 is 1.12 bits per heavy atom. The van der Waals surface area contributed by atoms with Crippen LogP contribution in [0.3, 0.4) is 0 Å². The number of nitrogens with zero attached hydrogens (tertiary/aromatic N) is 3. The Kier molecular flexibility index (Phi) is 3.67. The summed E-state index contributed by atoms with van der Waals surface area (Å²) >= 11 is 7.22. The van der Waals surface area contributed by atoms with Crippen molar-refractivity contribution in [1.82, 2.24) is 14.6 Å². The van der Waals surface area contributed by atoms with Crippen molar-refractivity contribution in [2.24, 2.45) is 0 Å². The van der Waals surface area contributed by atoms with E-state index in [1.807, 2.05) is 49.4 Å². The molecule has 0 bridgehead atoms. The molecule has 0 spiro atoms. The van der Waals surface area contributed by atoms with Crippen LogP contribution in [-0.2, 0) is 0 Å². The number of thiazole rings is 1. The van der Waals surface area contributed by atoms with Gasteiger partial charge in [0.2, 0.25) is 4.96 Å². The Labute approximate surface area is 146 Å². The van der Waals surface area contributed by atoms with Crippen LogP contribution in [0.5, 0.6) is 0 Å². The highest BCUT2D eigenvalue weighted by molar-refractivity contribution is 7.15. The number of rotatable bonds is 2. The highest BCUT2D eigenvalue weighted by Gasteiger charge is 2.13. The molecular weight excluding hydrogens is 342 g/mol. The second kappa shape index (κ2) is 5.85. The van der Waals surface area contributed by atoms with E-state index in [4.69, 9.17) is 11.6 Å². The van der Waals surface area contributed by atoms with E-state index in [0.29, 0.717) is 20.3 Å². The van der Waals surface area contributed by atoms with Crippen LogP contribution in [0, 0.1) is 6.92 Å². The lowest BCUT2D eigenvalue weighted by atomic mass is 10.1. The van der Waals surface area contributed by atoms with Gasteiger partial charge in [0.15, 0.2) is 5.82 Å². The average Bonchev–Trinajstić information content (AvgIpc) is 3.10. The molecule has 0 aliphatic carbocycles. The summed E-state index contributed by atoms with van der Waals surface area (Å²) < 4.78 is 1.97. The fourth-order valence-corrected chi connectivity index (χ4v) is 3.52. The molecular formula is C18H12ClN3OS. The predicted molar refractivity (Wildman–Crippen MR) is 97.5 cm³/mol. The molecule has 0 aliphatic rings. The molecule has 0 atom stereocenters. The van der Waals surface area contributed by atoms with Gasteiger partial charge in [0.25, 0.3) is 5.56 Å². The zero-order valence-corrected chi connectivity index (χ0v) is 14.3. The van der Waals surface area contributed by atoms with Gasteiger partial charge in [0.1, 0.15) is 0 Å². The van der Waals surface area contributed by atoms with E-state index in [2.05, 4.69) is 10.1 Å². The molecule has 0 radical (unpaired) electrons. The summed E-state index contributed by atoms with van der Waals surface area (Å²) in [4.78, 5) is 17.6. The Balaban J connectivity index is 1.83. The van der Waals surface area contributed by atoms with Crippen molar-refractivity contribution >= 4 is 34.0 Å². The molecule has 2 aromatic heterocycles. The molecule has 0 saturated heterocycles. The largest absolute Gasteiger partial charge is 0.291 e. The van der Waals surface area contributed by atoms with Crippen molar-refractivity contribution in [3.8, 4) is 11.4 Å². The highest BCUT2D eigenvalue weighted by Crippen LogP contribution is 2.20. The minimum Gasteiger partial charge on any atom is -0.266 e. The molecule has 2 heterocycles. The monoisotopic (exact) mass is 353 g/mol. The molecule has 24 heavy (non-hydrogen) atoms. The van der Waals surface area contributed by atoms with E-state index in [1.54, 1.807) is 12.1 Å². The molecule has 4 rings (SSSR count). The number of fused-ring (bicyclic) bond motifs is 1. The molecule has 0 unspecified atom stereocenters. The van der Waals surface area contributed by atoms with Crippen LogP contribution >= 0.6 is 22.9 Å². The van der Waals surface area contributed by atoms with Crippen LogP contribution in [0.1, 0.15) is 11.1 Å². The lowest BCUT2D eigenvalue weighted by Gasteiger charge is -1.98. The number of benzene rings is 2. The Hall–Kier alpha value is -2.50. The average molecular weight is 354 g/mol. The van der Waals surface area contributed by atoms with Crippen molar-refractivity contribution in [3.05, 3.63) is 79.6 Å². The summed E-state index contributed by atoms with van der Waals surface area (Å²) in [7, 11) is 0. The molecule has 4 nitrogen and oxygen atoms in total. The fourth-order valence-electron chi connectivity index (χ4n) is 2.48. The number of hydrogen-bond donors (Lipinski definition) is 0. The lowest BCUT2D eigenvalue weighted by molar-refractivity contribution is 0.936. The molecule has 4 aromatic rings. The zero-order valence-electron chi connectivity index (χ0n) is 12.7. The van der Waals surface area contributed by atoms with Crippen LogP contribution < -0.4 is 10.1 Å². The lowest BCUT2D eigenvalue weighted by Crippen LogP contribution is -2.23. The minimum atomic E-state index is -0.155. The summed E-state index contributed by atoms with van der Waals surface area (Å²) in [6, 6.07) is 15.2. The molecule has 2 aromatic carbocycles. The van der Waals surface area contributed by atoms with E-state index in [9.17, 15) is 4.79 Å². The van der Waals surface area contributed by atoms with Gasteiger partial charge in [-0.2, -0.15) is 9.50 Å². The van der Waals surface area contributed by atoms with Gasteiger partial charge in [-0.05, 0) is 36.3 Å². The van der Waals surface area contributed by atoms with Gasteiger partial charge in [-0.3, -0.25) is 4.79 Å². The standard InChI is InChI=1S/C18H12ClN3OS/c1-11-4-2-3-5-14(11)16-20-18-22(21-16)17(23)15(24-18)10-12-6-8-13(19)9-7-12/h2-10H,1H3/b15-10+. The van der Waals surface area contributed by atoms with Gasteiger partial charge < -0.3 is 0 Å². The molecule has 0 N–H and O–H groups in total. The Morgan fingerprint density at radius 3 is 2.58 bits per heavy atom. The first-order chi connectivity index (χ1) is 11.6. The van der Waals surface area contributed by atoms with Gasteiger partial charge in [-0.1, -0.05) is 59.3 Å². The van der Waals surface area contributed by atoms with E-state index in [1.165, 1.54) is 15.9 Å². The first-order valence-electron chi connectivity index (χ1n) is 7.35. The van der Waals surface area contributed by atoms with Crippen molar-refractivity contribution in [2.45, 2.75) is 6.92 Å². The number of aromatic nitrogens is 3. The summed E-state index contributed by atoms with van der Waals surface area (Å²) in [5.74, 6) is 0.578. The van der Waals surface area contributed by atoms with E-state index >= 15 is 0 Å². The Bertz CT molecular complexity index is 1150. The third kappa shape index (κ3) is 2.62. The molecule has 0 fully saturated rings. The van der Waals surface area contributed by atoms with Crippen LogP contribution in [0.4, 0.5) is 0 Å². The maximum atomic E-state index is 12.5.